The normalized spacial score (nSPS) is 11.3. The van der Waals surface area contributed by atoms with Crippen LogP contribution in [0.1, 0.15) is 5.56 Å². The molecule has 0 fully saturated rings. The van der Waals surface area contributed by atoms with Crippen LogP contribution in [0.3, 0.4) is 0 Å². The van der Waals surface area contributed by atoms with E-state index in [1.165, 1.54) is 44.2 Å². The average Bonchev–Trinajstić information content (AvgIpc) is 3.66. The lowest BCUT2D eigenvalue weighted by Crippen LogP contribution is -2.00. The lowest BCUT2D eigenvalue weighted by atomic mass is 9.87. The lowest BCUT2D eigenvalue weighted by molar-refractivity contribution is 1.07. The summed E-state index contributed by atoms with van der Waals surface area (Å²) in [5.74, 6) is 1.90. The smallest absolute Gasteiger partial charge is 0.164 e. The first kappa shape index (κ1) is 34.9. The number of fused-ring (bicyclic) bond motifs is 3. The van der Waals surface area contributed by atoms with Gasteiger partial charge in [0.25, 0.3) is 0 Å². The van der Waals surface area contributed by atoms with Crippen molar-refractivity contribution in [3.05, 3.63) is 212 Å². The van der Waals surface area contributed by atoms with Gasteiger partial charge >= 0.3 is 0 Å². The molecule has 0 aliphatic heterocycles. The van der Waals surface area contributed by atoms with E-state index in [2.05, 4.69) is 127 Å². The minimum atomic E-state index is 0.626. The maximum absolute atomic E-state index is 9.40. The van der Waals surface area contributed by atoms with Crippen LogP contribution in [-0.4, -0.2) is 15.0 Å². The molecule has 11 rings (SSSR count). The fraction of sp³-hybridized carbons (Fsp3) is 0. The van der Waals surface area contributed by atoms with E-state index in [9.17, 15) is 5.26 Å². The van der Waals surface area contributed by atoms with Gasteiger partial charge in [-0.2, -0.15) is 5.26 Å². The number of rotatable bonds is 7. The van der Waals surface area contributed by atoms with Crippen LogP contribution in [0.15, 0.2) is 206 Å². The molecule has 10 aromatic rings. The van der Waals surface area contributed by atoms with Crippen molar-refractivity contribution in [3.8, 4) is 107 Å². The van der Waals surface area contributed by atoms with Gasteiger partial charge in [0.2, 0.25) is 0 Å². The second-order valence-electron chi connectivity index (χ2n) is 15.1. The standard InChI is InChI=1S/C56H34N4/c57-35-36-24-26-37(27-25-36)40-16-9-19-43(32-40)46-28-30-50-48-22-7-8-23-49(48)51-31-29-47(52(46)53(50)51)44-20-10-17-41(33-44)42-18-11-21-45(34-42)56-59-54(38-12-3-1-4-13-38)58-55(60-56)39-14-5-2-6-15-39/h1-34H. The first-order valence-electron chi connectivity index (χ1n) is 20.1. The Labute approximate surface area is 348 Å². The molecular weight excluding hydrogens is 729 g/mol. The fourth-order valence-corrected chi connectivity index (χ4v) is 8.62. The first-order valence-corrected chi connectivity index (χ1v) is 20.1. The third kappa shape index (κ3) is 6.14. The Bertz CT molecular complexity index is 3220. The molecular formula is C56H34N4. The second kappa shape index (κ2) is 14.6. The molecule has 4 nitrogen and oxygen atoms in total. The number of aromatic nitrogens is 3. The van der Waals surface area contributed by atoms with Gasteiger partial charge in [0.1, 0.15) is 0 Å². The van der Waals surface area contributed by atoms with Gasteiger partial charge < -0.3 is 0 Å². The molecule has 0 spiro atoms. The average molecular weight is 763 g/mol. The predicted molar refractivity (Wildman–Crippen MR) is 245 cm³/mol. The summed E-state index contributed by atoms with van der Waals surface area (Å²) in [6.07, 6.45) is 0. The maximum Gasteiger partial charge on any atom is 0.164 e. The predicted octanol–water partition coefficient (Wildman–Crippen LogP) is 14.2. The minimum Gasteiger partial charge on any atom is -0.208 e. The van der Waals surface area contributed by atoms with Crippen molar-refractivity contribution in [2.75, 3.05) is 0 Å². The van der Waals surface area contributed by atoms with Gasteiger partial charge in [-0.1, -0.05) is 176 Å². The zero-order valence-electron chi connectivity index (χ0n) is 32.4. The van der Waals surface area contributed by atoms with E-state index in [1.54, 1.807) is 0 Å². The highest BCUT2D eigenvalue weighted by molar-refractivity contribution is 6.22. The Morgan fingerprint density at radius 1 is 0.267 bits per heavy atom. The molecule has 0 saturated carbocycles. The van der Waals surface area contributed by atoms with Crippen LogP contribution in [0.2, 0.25) is 0 Å². The third-order valence-electron chi connectivity index (χ3n) is 11.5. The molecule has 0 atom stereocenters. The summed E-state index contributed by atoms with van der Waals surface area (Å²) in [7, 11) is 0. The van der Waals surface area contributed by atoms with Gasteiger partial charge in [0.05, 0.1) is 11.6 Å². The molecule has 0 amide bonds. The van der Waals surface area contributed by atoms with E-state index >= 15 is 0 Å². The molecule has 9 aromatic carbocycles. The summed E-state index contributed by atoms with van der Waals surface area (Å²) in [6, 6.07) is 74.3. The highest BCUT2D eigenvalue weighted by atomic mass is 15.0. The molecule has 1 heterocycles. The molecule has 0 radical (unpaired) electrons. The van der Waals surface area contributed by atoms with E-state index in [1.807, 2.05) is 84.9 Å². The Kier molecular flexibility index (Phi) is 8.50. The lowest BCUT2D eigenvalue weighted by Gasteiger charge is -2.16. The van der Waals surface area contributed by atoms with E-state index in [0.29, 0.717) is 23.0 Å². The number of nitriles is 1. The van der Waals surface area contributed by atoms with Gasteiger partial charge in [-0.05, 0) is 108 Å². The van der Waals surface area contributed by atoms with Crippen molar-refractivity contribution >= 4 is 10.8 Å². The Balaban J connectivity index is 1.05. The first-order chi connectivity index (χ1) is 29.7. The third-order valence-corrected chi connectivity index (χ3v) is 11.5. The molecule has 0 unspecified atom stereocenters. The number of nitrogens with zero attached hydrogens (tertiary/aromatic N) is 4. The zero-order chi connectivity index (χ0) is 40.0. The Morgan fingerprint density at radius 3 is 1.13 bits per heavy atom. The molecule has 1 aromatic heterocycles. The van der Waals surface area contributed by atoms with Crippen molar-refractivity contribution in [1.82, 2.24) is 15.0 Å². The van der Waals surface area contributed by atoms with Crippen LogP contribution in [0.25, 0.3) is 112 Å². The summed E-state index contributed by atoms with van der Waals surface area (Å²) in [6.45, 7) is 0. The van der Waals surface area contributed by atoms with Crippen molar-refractivity contribution in [1.29, 1.82) is 5.26 Å². The topological polar surface area (TPSA) is 62.5 Å². The zero-order valence-corrected chi connectivity index (χ0v) is 32.4. The van der Waals surface area contributed by atoms with Crippen LogP contribution < -0.4 is 0 Å². The van der Waals surface area contributed by atoms with E-state index in [0.717, 1.165) is 50.1 Å². The number of hydrogen-bond donors (Lipinski definition) is 0. The Morgan fingerprint density at radius 2 is 0.633 bits per heavy atom. The van der Waals surface area contributed by atoms with E-state index in [4.69, 9.17) is 15.0 Å². The monoisotopic (exact) mass is 762 g/mol. The van der Waals surface area contributed by atoms with Crippen molar-refractivity contribution in [2.45, 2.75) is 0 Å². The summed E-state index contributed by atoms with van der Waals surface area (Å²) in [5, 5.41) is 11.9. The fourth-order valence-electron chi connectivity index (χ4n) is 8.62. The highest BCUT2D eigenvalue weighted by Gasteiger charge is 2.25. The molecule has 1 aliphatic rings. The summed E-state index contributed by atoms with van der Waals surface area (Å²) >= 11 is 0. The van der Waals surface area contributed by atoms with E-state index in [-0.39, 0.29) is 0 Å². The SMILES string of the molecule is N#Cc1ccc(-c2cccc(-c3ccc4c5c(ccc(-c6cccc(-c7cccc(-c8nc(-c9ccccc9)nc(-c9ccccc9)n8)c7)c6)c35)-c3ccccc3-4)c2)cc1. The number of benzene rings is 9. The van der Waals surface area contributed by atoms with Gasteiger partial charge in [-0.15, -0.1) is 0 Å². The molecule has 0 bridgehead atoms. The van der Waals surface area contributed by atoms with Crippen LogP contribution in [0.5, 0.6) is 0 Å². The largest absolute Gasteiger partial charge is 0.208 e. The van der Waals surface area contributed by atoms with Crippen molar-refractivity contribution < 1.29 is 0 Å². The minimum absolute atomic E-state index is 0.626. The van der Waals surface area contributed by atoms with E-state index < -0.39 is 0 Å². The maximum atomic E-state index is 9.40. The molecule has 0 N–H and O–H groups in total. The molecule has 1 aliphatic carbocycles. The quantitative estimate of drug-likeness (QED) is 0.162. The van der Waals surface area contributed by atoms with Gasteiger partial charge in [-0.3, -0.25) is 0 Å². The van der Waals surface area contributed by atoms with Crippen LogP contribution >= 0.6 is 0 Å². The van der Waals surface area contributed by atoms with Crippen molar-refractivity contribution in [3.63, 3.8) is 0 Å². The molecule has 278 valence electrons. The molecule has 0 saturated heterocycles. The summed E-state index contributed by atoms with van der Waals surface area (Å²) in [4.78, 5) is 14.9. The van der Waals surface area contributed by atoms with Crippen LogP contribution in [0.4, 0.5) is 0 Å². The number of hydrogen-bond acceptors (Lipinski definition) is 4. The highest BCUT2D eigenvalue weighted by Crippen LogP contribution is 2.52. The summed E-state index contributed by atoms with van der Waals surface area (Å²) < 4.78 is 0. The van der Waals surface area contributed by atoms with Gasteiger partial charge in [-0.25, -0.2) is 15.0 Å². The second-order valence-corrected chi connectivity index (χ2v) is 15.1. The van der Waals surface area contributed by atoms with Crippen LogP contribution in [0, 0.1) is 11.3 Å². The molecule has 60 heavy (non-hydrogen) atoms. The van der Waals surface area contributed by atoms with Gasteiger partial charge in [0.15, 0.2) is 17.5 Å². The Hall–Kier alpha value is -8.26. The molecule has 4 heteroatoms. The van der Waals surface area contributed by atoms with Crippen LogP contribution in [-0.2, 0) is 0 Å². The van der Waals surface area contributed by atoms with Gasteiger partial charge in [0, 0.05) is 16.7 Å². The van der Waals surface area contributed by atoms with Crippen molar-refractivity contribution in [2.24, 2.45) is 0 Å². The summed E-state index contributed by atoms with van der Waals surface area (Å²) in [5.41, 5.74) is 17.5.